The Kier molecular flexibility index (Phi) is 4.46. The number of aromatic nitrogens is 2. The molecule has 7 nitrogen and oxygen atoms in total. The third-order valence-corrected chi connectivity index (χ3v) is 5.05. The first-order chi connectivity index (χ1) is 12.6. The van der Waals surface area contributed by atoms with E-state index in [4.69, 9.17) is 0 Å². The predicted molar refractivity (Wildman–Crippen MR) is 100 cm³/mol. The second kappa shape index (κ2) is 6.92. The van der Waals surface area contributed by atoms with Crippen LogP contribution in [0.3, 0.4) is 0 Å². The molecule has 2 aromatic rings. The normalized spacial score (nSPS) is 25.2. The van der Waals surface area contributed by atoms with Crippen LogP contribution >= 0.6 is 0 Å². The van der Waals surface area contributed by atoms with E-state index in [-0.39, 0.29) is 18.1 Å². The lowest BCUT2D eigenvalue weighted by molar-refractivity contribution is -0.115. The van der Waals surface area contributed by atoms with Crippen LogP contribution in [-0.4, -0.2) is 38.9 Å². The molecule has 1 fully saturated rings. The van der Waals surface area contributed by atoms with Gasteiger partial charge in [0.2, 0.25) is 5.96 Å². The maximum atomic E-state index is 12.2. The average molecular weight is 353 g/mol. The van der Waals surface area contributed by atoms with Gasteiger partial charge in [0, 0.05) is 18.5 Å². The molecule has 0 radical (unpaired) electrons. The fourth-order valence-corrected chi connectivity index (χ4v) is 3.59. The summed E-state index contributed by atoms with van der Waals surface area (Å²) in [5.41, 5.74) is 2.35. The number of carbonyl (C=O) groups is 1. The van der Waals surface area contributed by atoms with E-state index in [1.165, 1.54) is 0 Å². The summed E-state index contributed by atoms with van der Waals surface area (Å²) in [6.07, 6.45) is 7.85. The number of amides is 1. The van der Waals surface area contributed by atoms with Crippen LogP contribution in [0.5, 0.6) is 0 Å². The molecule has 1 aromatic heterocycles. The smallest absolute Gasteiger partial charge is 0.276 e. The summed E-state index contributed by atoms with van der Waals surface area (Å²) < 4.78 is 1.82. The van der Waals surface area contributed by atoms with Crippen molar-refractivity contribution in [1.82, 2.24) is 20.4 Å². The minimum Gasteiger partial charge on any atom is -0.393 e. The van der Waals surface area contributed by atoms with E-state index in [0.29, 0.717) is 11.7 Å². The standard InChI is InChI=1S/C19H23N5O2/c1-24-17-8-5-12(9-13(17)11-20-24)10-16-18(26)23-19(22-16)21-14-3-2-4-15(25)7-6-14/h5,8-11,14-15,25H,2-4,6-7H2,1H3,(H2,21,22,23,26)/b16-10-/t14-,15-/m1/s1. The van der Waals surface area contributed by atoms with Crippen LogP contribution in [0.2, 0.25) is 0 Å². The van der Waals surface area contributed by atoms with Gasteiger partial charge < -0.3 is 10.4 Å². The molecule has 0 spiro atoms. The van der Waals surface area contributed by atoms with E-state index < -0.39 is 0 Å². The Morgan fingerprint density at radius 2 is 2.19 bits per heavy atom. The molecule has 2 aliphatic rings. The van der Waals surface area contributed by atoms with Crippen molar-refractivity contribution in [2.75, 3.05) is 0 Å². The number of guanidine groups is 1. The quantitative estimate of drug-likeness (QED) is 0.566. The summed E-state index contributed by atoms with van der Waals surface area (Å²) in [4.78, 5) is 16.6. The van der Waals surface area contributed by atoms with Gasteiger partial charge in [-0.3, -0.25) is 14.8 Å². The molecule has 1 aliphatic carbocycles. The lowest BCUT2D eigenvalue weighted by atomic mass is 10.1. The lowest BCUT2D eigenvalue weighted by Crippen LogP contribution is -2.42. The van der Waals surface area contributed by atoms with E-state index in [2.05, 4.69) is 20.7 Å². The summed E-state index contributed by atoms with van der Waals surface area (Å²) in [6.45, 7) is 0. The van der Waals surface area contributed by atoms with E-state index in [1.807, 2.05) is 36.1 Å². The SMILES string of the molecule is Cn1ncc2cc(/C=C3\N=C(N[C@@H]4CCC[C@@H](O)CC4)NC3=O)ccc21. The summed E-state index contributed by atoms with van der Waals surface area (Å²) in [7, 11) is 1.90. The van der Waals surface area contributed by atoms with Gasteiger partial charge in [-0.25, -0.2) is 4.99 Å². The number of rotatable bonds is 2. The van der Waals surface area contributed by atoms with Crippen molar-refractivity contribution in [3.05, 3.63) is 35.7 Å². The summed E-state index contributed by atoms with van der Waals surface area (Å²) >= 11 is 0. The Hall–Kier alpha value is -2.67. The number of nitrogens with one attached hydrogen (secondary N) is 2. The molecule has 4 rings (SSSR count). The van der Waals surface area contributed by atoms with Crippen LogP contribution in [0.1, 0.15) is 37.7 Å². The zero-order chi connectivity index (χ0) is 18.1. The topological polar surface area (TPSA) is 91.5 Å². The van der Waals surface area contributed by atoms with Gasteiger partial charge in [-0.05, 0) is 55.9 Å². The van der Waals surface area contributed by atoms with Crippen molar-refractivity contribution >= 4 is 28.8 Å². The Bertz CT molecular complexity index is 898. The number of hydrogen-bond donors (Lipinski definition) is 3. The average Bonchev–Trinajstić information content (AvgIpc) is 3.07. The summed E-state index contributed by atoms with van der Waals surface area (Å²) in [5, 5.41) is 21.1. The number of aliphatic hydroxyl groups is 1. The highest BCUT2D eigenvalue weighted by Crippen LogP contribution is 2.20. The van der Waals surface area contributed by atoms with Crippen LogP contribution in [0.25, 0.3) is 17.0 Å². The molecule has 26 heavy (non-hydrogen) atoms. The van der Waals surface area contributed by atoms with Gasteiger partial charge in [0.25, 0.3) is 5.91 Å². The molecular weight excluding hydrogens is 330 g/mol. The van der Waals surface area contributed by atoms with Gasteiger partial charge in [-0.1, -0.05) is 6.07 Å². The highest BCUT2D eigenvalue weighted by atomic mass is 16.3. The predicted octanol–water partition coefficient (Wildman–Crippen LogP) is 1.68. The highest BCUT2D eigenvalue weighted by Gasteiger charge is 2.24. The first-order valence-corrected chi connectivity index (χ1v) is 9.06. The van der Waals surface area contributed by atoms with E-state index in [0.717, 1.165) is 48.6 Å². The molecule has 0 saturated heterocycles. The minimum atomic E-state index is -0.209. The highest BCUT2D eigenvalue weighted by molar-refractivity contribution is 6.13. The van der Waals surface area contributed by atoms with Crippen molar-refractivity contribution in [2.45, 2.75) is 44.2 Å². The molecule has 1 aromatic carbocycles. The number of hydrogen-bond acceptors (Lipinski definition) is 5. The molecular formula is C19H23N5O2. The number of aliphatic imine (C=N–C) groups is 1. The Balaban J connectivity index is 1.50. The Morgan fingerprint density at radius 1 is 1.31 bits per heavy atom. The van der Waals surface area contributed by atoms with Gasteiger partial charge in [0.15, 0.2) is 0 Å². The molecule has 1 amide bonds. The maximum Gasteiger partial charge on any atom is 0.276 e. The number of fused-ring (bicyclic) bond motifs is 1. The fraction of sp³-hybridized carbons (Fsp3) is 0.421. The van der Waals surface area contributed by atoms with E-state index in [9.17, 15) is 9.90 Å². The van der Waals surface area contributed by atoms with Crippen molar-refractivity contribution in [2.24, 2.45) is 12.0 Å². The molecule has 136 valence electrons. The van der Waals surface area contributed by atoms with Gasteiger partial charge in [0.05, 0.1) is 17.8 Å². The summed E-state index contributed by atoms with van der Waals surface area (Å²) in [6, 6.07) is 6.17. The third-order valence-electron chi connectivity index (χ3n) is 5.05. The Labute approximate surface area is 151 Å². The molecule has 0 unspecified atom stereocenters. The number of nitrogens with zero attached hydrogens (tertiary/aromatic N) is 3. The molecule has 0 bridgehead atoms. The summed E-state index contributed by atoms with van der Waals surface area (Å²) in [5.74, 6) is 0.303. The maximum absolute atomic E-state index is 12.2. The van der Waals surface area contributed by atoms with Gasteiger partial charge in [0.1, 0.15) is 5.70 Å². The molecule has 1 aliphatic heterocycles. The zero-order valence-electron chi connectivity index (χ0n) is 14.8. The lowest BCUT2D eigenvalue weighted by Gasteiger charge is -2.16. The first kappa shape index (κ1) is 16.8. The van der Waals surface area contributed by atoms with Gasteiger partial charge >= 0.3 is 0 Å². The van der Waals surface area contributed by atoms with Crippen molar-refractivity contribution < 1.29 is 9.90 Å². The second-order valence-electron chi connectivity index (χ2n) is 7.03. The molecule has 3 N–H and O–H groups in total. The molecule has 2 atom stereocenters. The first-order valence-electron chi connectivity index (χ1n) is 9.06. The van der Waals surface area contributed by atoms with Crippen molar-refractivity contribution in [3.63, 3.8) is 0 Å². The van der Waals surface area contributed by atoms with Crippen LogP contribution < -0.4 is 10.6 Å². The van der Waals surface area contributed by atoms with Crippen LogP contribution in [0.15, 0.2) is 35.1 Å². The number of carbonyl (C=O) groups excluding carboxylic acids is 1. The Morgan fingerprint density at radius 3 is 3.08 bits per heavy atom. The van der Waals surface area contributed by atoms with Crippen molar-refractivity contribution in [3.8, 4) is 0 Å². The molecule has 2 heterocycles. The number of benzene rings is 1. The number of aryl methyl sites for hydroxylation is 1. The molecule has 7 heteroatoms. The van der Waals surface area contributed by atoms with E-state index in [1.54, 1.807) is 6.08 Å². The van der Waals surface area contributed by atoms with Crippen LogP contribution in [0.4, 0.5) is 0 Å². The van der Waals surface area contributed by atoms with Gasteiger partial charge in [-0.2, -0.15) is 5.10 Å². The minimum absolute atomic E-state index is 0.201. The second-order valence-corrected chi connectivity index (χ2v) is 7.03. The molecule has 1 saturated carbocycles. The third kappa shape index (κ3) is 3.48. The zero-order valence-corrected chi connectivity index (χ0v) is 14.8. The number of aliphatic hydroxyl groups excluding tert-OH is 1. The van der Waals surface area contributed by atoms with Crippen LogP contribution in [0, 0.1) is 0 Å². The fourth-order valence-electron chi connectivity index (χ4n) is 3.59. The largest absolute Gasteiger partial charge is 0.393 e. The van der Waals surface area contributed by atoms with E-state index >= 15 is 0 Å². The van der Waals surface area contributed by atoms with Crippen molar-refractivity contribution in [1.29, 1.82) is 0 Å². The monoisotopic (exact) mass is 353 g/mol. The van der Waals surface area contributed by atoms with Gasteiger partial charge in [-0.15, -0.1) is 0 Å². The van der Waals surface area contributed by atoms with Crippen LogP contribution in [-0.2, 0) is 11.8 Å².